The Bertz CT molecular complexity index is 1020. The van der Waals surface area contributed by atoms with E-state index < -0.39 is 0 Å². The quantitative estimate of drug-likeness (QED) is 0.592. The molecule has 0 spiro atoms. The summed E-state index contributed by atoms with van der Waals surface area (Å²) in [7, 11) is 0. The van der Waals surface area contributed by atoms with Gasteiger partial charge >= 0.3 is 0 Å². The fourth-order valence-corrected chi connectivity index (χ4v) is 3.16. The number of fused-ring (bicyclic) bond motifs is 2. The molecule has 0 bridgehead atoms. The highest BCUT2D eigenvalue weighted by atomic mass is 16.1. The molecule has 22 heavy (non-hydrogen) atoms. The molecule has 3 aromatic carbocycles. The lowest BCUT2D eigenvalue weighted by Crippen LogP contribution is -2.12. The molecule has 1 atom stereocenters. The number of aromatic nitrogens is 2. The van der Waals surface area contributed by atoms with Crippen molar-refractivity contribution in [3.8, 4) is 0 Å². The zero-order valence-electron chi connectivity index (χ0n) is 12.3. The molecule has 0 radical (unpaired) electrons. The van der Waals surface area contributed by atoms with Gasteiger partial charge in [0, 0.05) is 0 Å². The molecular formula is C19H16N2O. The van der Waals surface area contributed by atoms with E-state index in [1.54, 1.807) is 0 Å². The number of rotatable bonds is 2. The van der Waals surface area contributed by atoms with Crippen LogP contribution in [0.2, 0.25) is 0 Å². The van der Waals surface area contributed by atoms with Gasteiger partial charge in [0.1, 0.15) is 0 Å². The Labute approximate surface area is 127 Å². The Morgan fingerprint density at radius 1 is 0.864 bits per heavy atom. The SMILES string of the molecule is C[C@H](c1cccc2ccccc12)n1[nH]c(=O)c2ccccc21. The lowest BCUT2D eigenvalue weighted by atomic mass is 10.00. The van der Waals surface area contributed by atoms with Gasteiger partial charge in [-0.3, -0.25) is 14.6 Å². The third kappa shape index (κ3) is 1.86. The monoisotopic (exact) mass is 288 g/mol. The molecule has 108 valence electrons. The summed E-state index contributed by atoms with van der Waals surface area (Å²) in [6, 6.07) is 22.4. The molecule has 3 nitrogen and oxygen atoms in total. The zero-order valence-corrected chi connectivity index (χ0v) is 12.3. The predicted molar refractivity (Wildman–Crippen MR) is 90.3 cm³/mol. The van der Waals surface area contributed by atoms with Gasteiger partial charge in [0.2, 0.25) is 0 Å². The highest BCUT2D eigenvalue weighted by Gasteiger charge is 2.15. The normalized spacial score (nSPS) is 12.8. The largest absolute Gasteiger partial charge is 0.277 e. The van der Waals surface area contributed by atoms with Crippen LogP contribution in [0.4, 0.5) is 0 Å². The van der Waals surface area contributed by atoms with Crippen LogP contribution < -0.4 is 5.56 Å². The predicted octanol–water partition coefficient (Wildman–Crippen LogP) is 4.09. The Balaban J connectivity index is 1.96. The van der Waals surface area contributed by atoms with E-state index in [4.69, 9.17) is 0 Å². The average Bonchev–Trinajstić information content (AvgIpc) is 2.91. The molecule has 1 aromatic heterocycles. The van der Waals surface area contributed by atoms with E-state index in [-0.39, 0.29) is 11.6 Å². The van der Waals surface area contributed by atoms with Crippen LogP contribution in [0, 0.1) is 0 Å². The first-order valence-corrected chi connectivity index (χ1v) is 7.42. The van der Waals surface area contributed by atoms with E-state index in [0.29, 0.717) is 0 Å². The molecule has 0 fully saturated rings. The molecule has 0 unspecified atom stereocenters. The van der Waals surface area contributed by atoms with Crippen LogP contribution in [0.15, 0.2) is 71.5 Å². The topological polar surface area (TPSA) is 37.8 Å². The standard InChI is InChI=1S/C19H16N2O/c1-13(15-11-6-8-14-7-2-3-9-16(14)15)21-18-12-5-4-10-17(18)19(22)20-21/h2-13H,1H3,(H,20,22)/t13-/m1/s1. The molecule has 0 aliphatic carbocycles. The van der Waals surface area contributed by atoms with Crippen molar-refractivity contribution in [2.45, 2.75) is 13.0 Å². The Hall–Kier alpha value is -2.81. The number of benzene rings is 3. The minimum atomic E-state index is -0.0392. The Kier molecular flexibility index (Phi) is 2.86. The lowest BCUT2D eigenvalue weighted by molar-refractivity contribution is 0.582. The molecule has 4 rings (SSSR count). The number of hydrogen-bond donors (Lipinski definition) is 1. The second-order valence-electron chi connectivity index (χ2n) is 5.57. The van der Waals surface area contributed by atoms with Crippen molar-refractivity contribution < 1.29 is 0 Å². The summed E-state index contributed by atoms with van der Waals surface area (Å²) in [4.78, 5) is 12.1. The van der Waals surface area contributed by atoms with Crippen molar-refractivity contribution in [1.82, 2.24) is 9.78 Å². The van der Waals surface area contributed by atoms with Crippen LogP contribution in [0.1, 0.15) is 18.5 Å². The maximum Gasteiger partial charge on any atom is 0.271 e. The maximum absolute atomic E-state index is 12.1. The van der Waals surface area contributed by atoms with Gasteiger partial charge in [-0.15, -0.1) is 0 Å². The maximum atomic E-state index is 12.1. The number of H-pyrrole nitrogens is 1. The van der Waals surface area contributed by atoms with Gasteiger partial charge in [0.25, 0.3) is 5.56 Å². The van der Waals surface area contributed by atoms with Crippen molar-refractivity contribution in [1.29, 1.82) is 0 Å². The van der Waals surface area contributed by atoms with Crippen LogP contribution in [0.5, 0.6) is 0 Å². The van der Waals surface area contributed by atoms with E-state index in [0.717, 1.165) is 10.9 Å². The molecule has 0 saturated carbocycles. The van der Waals surface area contributed by atoms with Gasteiger partial charge < -0.3 is 0 Å². The minimum absolute atomic E-state index is 0.0392. The number of nitrogens with one attached hydrogen (secondary N) is 1. The van der Waals surface area contributed by atoms with Crippen LogP contribution >= 0.6 is 0 Å². The molecule has 3 heteroatoms. The van der Waals surface area contributed by atoms with Gasteiger partial charge in [0.05, 0.1) is 16.9 Å². The summed E-state index contributed by atoms with van der Waals surface area (Å²) in [6.07, 6.45) is 0. The summed E-state index contributed by atoms with van der Waals surface area (Å²) < 4.78 is 1.96. The van der Waals surface area contributed by atoms with Crippen molar-refractivity contribution >= 4 is 21.7 Å². The molecule has 0 aliphatic heterocycles. The van der Waals surface area contributed by atoms with Gasteiger partial charge in [-0.2, -0.15) is 0 Å². The van der Waals surface area contributed by atoms with Crippen molar-refractivity contribution in [3.05, 3.63) is 82.6 Å². The van der Waals surface area contributed by atoms with Gasteiger partial charge in [-0.25, -0.2) is 0 Å². The first kappa shape index (κ1) is 12.9. The van der Waals surface area contributed by atoms with Crippen molar-refractivity contribution in [2.24, 2.45) is 0 Å². The van der Waals surface area contributed by atoms with Crippen molar-refractivity contribution in [3.63, 3.8) is 0 Å². The van der Waals surface area contributed by atoms with Crippen LogP contribution in [-0.2, 0) is 0 Å². The summed E-state index contributed by atoms with van der Waals surface area (Å²) in [5, 5.41) is 6.14. The average molecular weight is 288 g/mol. The van der Waals surface area contributed by atoms with Crippen LogP contribution in [-0.4, -0.2) is 9.78 Å². The zero-order chi connectivity index (χ0) is 15.1. The summed E-state index contributed by atoms with van der Waals surface area (Å²) in [5.74, 6) is 0. The van der Waals surface area contributed by atoms with Crippen LogP contribution in [0.3, 0.4) is 0 Å². The van der Waals surface area contributed by atoms with E-state index in [1.807, 2.05) is 35.0 Å². The Morgan fingerprint density at radius 3 is 2.41 bits per heavy atom. The highest BCUT2D eigenvalue weighted by Crippen LogP contribution is 2.27. The number of para-hydroxylation sites is 1. The summed E-state index contributed by atoms with van der Waals surface area (Å²) in [5.41, 5.74) is 2.10. The third-order valence-corrected chi connectivity index (χ3v) is 4.29. The molecule has 1 heterocycles. The lowest BCUT2D eigenvalue weighted by Gasteiger charge is -2.17. The highest BCUT2D eigenvalue weighted by molar-refractivity contribution is 5.86. The van der Waals surface area contributed by atoms with E-state index in [9.17, 15) is 4.79 Å². The number of nitrogens with zero attached hydrogens (tertiary/aromatic N) is 1. The van der Waals surface area contributed by atoms with E-state index in [2.05, 4.69) is 48.4 Å². The van der Waals surface area contributed by atoms with Crippen LogP contribution in [0.25, 0.3) is 21.7 Å². The Morgan fingerprint density at radius 2 is 1.55 bits per heavy atom. The van der Waals surface area contributed by atoms with Gasteiger partial charge in [-0.1, -0.05) is 54.6 Å². The van der Waals surface area contributed by atoms with E-state index in [1.165, 1.54) is 16.3 Å². The molecule has 4 aromatic rings. The van der Waals surface area contributed by atoms with Crippen molar-refractivity contribution in [2.75, 3.05) is 0 Å². The summed E-state index contributed by atoms with van der Waals surface area (Å²) >= 11 is 0. The smallest absolute Gasteiger partial charge is 0.271 e. The third-order valence-electron chi connectivity index (χ3n) is 4.29. The summed E-state index contributed by atoms with van der Waals surface area (Å²) in [6.45, 7) is 2.12. The van der Waals surface area contributed by atoms with Gasteiger partial charge in [0.15, 0.2) is 0 Å². The molecule has 1 N–H and O–H groups in total. The fourth-order valence-electron chi connectivity index (χ4n) is 3.16. The molecule has 0 aliphatic rings. The van der Waals surface area contributed by atoms with E-state index >= 15 is 0 Å². The molecule has 0 saturated heterocycles. The van der Waals surface area contributed by atoms with Gasteiger partial charge in [-0.05, 0) is 35.4 Å². The first-order valence-electron chi connectivity index (χ1n) is 7.42. The number of aromatic amines is 1. The second kappa shape index (κ2) is 4.88. The molecular weight excluding hydrogens is 272 g/mol. The second-order valence-corrected chi connectivity index (χ2v) is 5.57. The minimum Gasteiger partial charge on any atom is -0.277 e. The fraction of sp³-hybridized carbons (Fsp3) is 0.105. The molecule has 0 amide bonds. The number of hydrogen-bond acceptors (Lipinski definition) is 1. The first-order chi connectivity index (χ1) is 10.8.